The molecule has 2 rings (SSSR count). The summed E-state index contributed by atoms with van der Waals surface area (Å²) in [5.41, 5.74) is 10.4. The lowest BCUT2D eigenvalue weighted by Gasteiger charge is -2.22. The summed E-state index contributed by atoms with van der Waals surface area (Å²) in [6.07, 6.45) is -0.221. The number of nitrogens with two attached hydrogens (primary N) is 1. The molecule has 0 aliphatic carbocycles. The first kappa shape index (κ1) is 15.4. The molecule has 0 saturated heterocycles. The fourth-order valence-electron chi connectivity index (χ4n) is 2.45. The molecule has 3 nitrogen and oxygen atoms in total. The van der Waals surface area contributed by atoms with Crippen molar-refractivity contribution in [1.82, 2.24) is 0 Å². The average molecular weight is 285 g/mol. The van der Waals surface area contributed by atoms with Gasteiger partial charge in [-0.15, -0.1) is 0 Å². The predicted molar refractivity (Wildman–Crippen MR) is 86.1 cm³/mol. The van der Waals surface area contributed by atoms with Crippen molar-refractivity contribution in [3.05, 3.63) is 58.7 Å². The van der Waals surface area contributed by atoms with Crippen LogP contribution in [0.25, 0.3) is 0 Å². The van der Waals surface area contributed by atoms with E-state index in [4.69, 9.17) is 15.2 Å². The molecule has 1 unspecified atom stereocenters. The van der Waals surface area contributed by atoms with E-state index in [0.717, 1.165) is 22.6 Å². The SMILES string of the molecule is COc1ccccc1C(CN)Oc1cc(C)cc(C)c1C. The Kier molecular flexibility index (Phi) is 4.86. The standard InChI is InChI=1S/C18H23NO2/c1-12-9-13(2)14(3)17(10-12)21-18(11-19)15-7-5-6-8-16(15)20-4/h5-10,18H,11,19H2,1-4H3. The van der Waals surface area contributed by atoms with Crippen LogP contribution in [0.15, 0.2) is 36.4 Å². The van der Waals surface area contributed by atoms with Gasteiger partial charge in [-0.25, -0.2) is 0 Å². The Hall–Kier alpha value is -2.00. The number of aryl methyl sites for hydroxylation is 2. The second-order valence-electron chi connectivity index (χ2n) is 5.29. The molecule has 0 bridgehead atoms. The van der Waals surface area contributed by atoms with Crippen LogP contribution in [0.5, 0.6) is 11.5 Å². The monoisotopic (exact) mass is 285 g/mol. The molecular weight excluding hydrogens is 262 g/mol. The van der Waals surface area contributed by atoms with Gasteiger partial charge in [-0.1, -0.05) is 24.3 Å². The van der Waals surface area contributed by atoms with Crippen LogP contribution in [0.2, 0.25) is 0 Å². The minimum absolute atomic E-state index is 0.221. The van der Waals surface area contributed by atoms with Gasteiger partial charge in [0.25, 0.3) is 0 Å². The molecule has 0 saturated carbocycles. The van der Waals surface area contributed by atoms with E-state index in [1.165, 1.54) is 11.1 Å². The fraction of sp³-hybridized carbons (Fsp3) is 0.333. The minimum Gasteiger partial charge on any atom is -0.496 e. The van der Waals surface area contributed by atoms with Crippen LogP contribution in [0.3, 0.4) is 0 Å². The number of para-hydroxylation sites is 1. The molecule has 21 heavy (non-hydrogen) atoms. The van der Waals surface area contributed by atoms with Crippen molar-refractivity contribution in [2.75, 3.05) is 13.7 Å². The van der Waals surface area contributed by atoms with Gasteiger partial charge < -0.3 is 15.2 Å². The van der Waals surface area contributed by atoms with Gasteiger partial charge in [0.05, 0.1) is 7.11 Å². The Labute approximate surface area is 126 Å². The number of hydrogen-bond donors (Lipinski definition) is 1. The molecule has 0 fully saturated rings. The van der Waals surface area contributed by atoms with E-state index in [1.54, 1.807) is 7.11 Å². The van der Waals surface area contributed by atoms with Gasteiger partial charge in [0.1, 0.15) is 17.6 Å². The first-order valence-corrected chi connectivity index (χ1v) is 7.14. The number of ether oxygens (including phenoxy) is 2. The molecule has 2 aromatic rings. The van der Waals surface area contributed by atoms with E-state index in [2.05, 4.69) is 32.9 Å². The van der Waals surface area contributed by atoms with Crippen LogP contribution < -0.4 is 15.2 Å². The van der Waals surface area contributed by atoms with Crippen molar-refractivity contribution in [3.63, 3.8) is 0 Å². The maximum absolute atomic E-state index is 6.18. The maximum Gasteiger partial charge on any atom is 0.139 e. The number of methoxy groups -OCH3 is 1. The summed E-state index contributed by atoms with van der Waals surface area (Å²) < 4.78 is 11.6. The fourth-order valence-corrected chi connectivity index (χ4v) is 2.45. The van der Waals surface area contributed by atoms with Gasteiger partial charge in [-0.3, -0.25) is 0 Å². The topological polar surface area (TPSA) is 44.5 Å². The number of rotatable bonds is 5. The molecule has 0 spiro atoms. The third kappa shape index (κ3) is 3.37. The van der Waals surface area contributed by atoms with Crippen molar-refractivity contribution < 1.29 is 9.47 Å². The number of hydrogen-bond acceptors (Lipinski definition) is 3. The molecule has 3 heteroatoms. The van der Waals surface area contributed by atoms with Crippen LogP contribution >= 0.6 is 0 Å². The Morgan fingerprint density at radius 2 is 1.76 bits per heavy atom. The summed E-state index contributed by atoms with van der Waals surface area (Å²) >= 11 is 0. The molecule has 0 radical (unpaired) electrons. The van der Waals surface area contributed by atoms with Gasteiger partial charge in [0.2, 0.25) is 0 Å². The van der Waals surface area contributed by atoms with Gasteiger partial charge in [-0.2, -0.15) is 0 Å². The molecule has 2 aromatic carbocycles. The van der Waals surface area contributed by atoms with Crippen LogP contribution in [-0.2, 0) is 0 Å². The largest absolute Gasteiger partial charge is 0.496 e. The lowest BCUT2D eigenvalue weighted by atomic mass is 10.0. The number of benzene rings is 2. The van der Waals surface area contributed by atoms with Crippen LogP contribution in [0, 0.1) is 20.8 Å². The lowest BCUT2D eigenvalue weighted by Crippen LogP contribution is -2.19. The minimum atomic E-state index is -0.221. The van der Waals surface area contributed by atoms with Gasteiger partial charge in [0.15, 0.2) is 0 Å². The highest BCUT2D eigenvalue weighted by Gasteiger charge is 2.17. The van der Waals surface area contributed by atoms with E-state index in [1.807, 2.05) is 24.3 Å². The molecule has 2 N–H and O–H groups in total. The van der Waals surface area contributed by atoms with Crippen molar-refractivity contribution >= 4 is 0 Å². The first-order valence-electron chi connectivity index (χ1n) is 7.14. The van der Waals surface area contributed by atoms with Crippen molar-refractivity contribution in [2.24, 2.45) is 5.73 Å². The zero-order valence-electron chi connectivity index (χ0n) is 13.1. The third-order valence-electron chi connectivity index (χ3n) is 3.73. The van der Waals surface area contributed by atoms with Crippen LogP contribution in [-0.4, -0.2) is 13.7 Å². The highest BCUT2D eigenvalue weighted by Crippen LogP contribution is 2.31. The smallest absolute Gasteiger partial charge is 0.139 e. The molecule has 0 aromatic heterocycles. The summed E-state index contributed by atoms with van der Waals surface area (Å²) in [7, 11) is 1.66. The van der Waals surface area contributed by atoms with Gasteiger partial charge in [-0.05, 0) is 49.6 Å². The summed E-state index contributed by atoms with van der Waals surface area (Å²) in [6, 6.07) is 12.0. The zero-order chi connectivity index (χ0) is 15.4. The highest BCUT2D eigenvalue weighted by molar-refractivity contribution is 5.43. The molecule has 0 aliphatic rings. The average Bonchev–Trinajstić information content (AvgIpc) is 2.49. The third-order valence-corrected chi connectivity index (χ3v) is 3.73. The Morgan fingerprint density at radius 3 is 2.43 bits per heavy atom. The van der Waals surface area contributed by atoms with E-state index in [9.17, 15) is 0 Å². The van der Waals surface area contributed by atoms with E-state index < -0.39 is 0 Å². The molecule has 0 aliphatic heterocycles. The second-order valence-corrected chi connectivity index (χ2v) is 5.29. The first-order chi connectivity index (χ1) is 10.1. The summed E-state index contributed by atoms with van der Waals surface area (Å²) in [6.45, 7) is 6.63. The normalized spacial score (nSPS) is 12.0. The second kappa shape index (κ2) is 6.64. The van der Waals surface area contributed by atoms with Crippen molar-refractivity contribution in [1.29, 1.82) is 0 Å². The van der Waals surface area contributed by atoms with Crippen molar-refractivity contribution in [3.8, 4) is 11.5 Å². The van der Waals surface area contributed by atoms with Crippen molar-refractivity contribution in [2.45, 2.75) is 26.9 Å². The Morgan fingerprint density at radius 1 is 1.05 bits per heavy atom. The predicted octanol–water partition coefficient (Wildman–Crippen LogP) is 3.70. The molecule has 1 atom stereocenters. The molecule has 112 valence electrons. The maximum atomic E-state index is 6.18. The zero-order valence-corrected chi connectivity index (χ0v) is 13.1. The van der Waals surface area contributed by atoms with Gasteiger partial charge >= 0.3 is 0 Å². The van der Waals surface area contributed by atoms with E-state index in [0.29, 0.717) is 6.54 Å². The van der Waals surface area contributed by atoms with E-state index in [-0.39, 0.29) is 6.10 Å². The highest BCUT2D eigenvalue weighted by atomic mass is 16.5. The molecule has 0 amide bonds. The summed E-state index contributed by atoms with van der Waals surface area (Å²) in [5, 5.41) is 0. The lowest BCUT2D eigenvalue weighted by molar-refractivity contribution is 0.207. The van der Waals surface area contributed by atoms with E-state index >= 15 is 0 Å². The summed E-state index contributed by atoms with van der Waals surface area (Å²) in [4.78, 5) is 0. The van der Waals surface area contributed by atoms with Crippen LogP contribution in [0.1, 0.15) is 28.4 Å². The Balaban J connectivity index is 2.36. The summed E-state index contributed by atoms with van der Waals surface area (Å²) in [5.74, 6) is 1.68. The Bertz CT molecular complexity index is 623. The molecule has 0 heterocycles. The quantitative estimate of drug-likeness (QED) is 0.911. The van der Waals surface area contributed by atoms with Crippen LogP contribution in [0.4, 0.5) is 0 Å². The van der Waals surface area contributed by atoms with Gasteiger partial charge in [0, 0.05) is 12.1 Å². The molecular formula is C18H23NO2.